The quantitative estimate of drug-likeness (QED) is 0.0760. The van der Waals surface area contributed by atoms with Crippen molar-refractivity contribution in [2.75, 3.05) is 0 Å². The molecule has 342 valence electrons. The molecule has 0 bridgehead atoms. The third-order valence-corrected chi connectivity index (χ3v) is 22.5. The average Bonchev–Trinajstić information content (AvgIpc) is 3.76. The van der Waals surface area contributed by atoms with Crippen LogP contribution in [0.15, 0.2) is 249 Å². The molecule has 0 aliphatic rings. The molecule has 12 rings (SSSR count). The van der Waals surface area contributed by atoms with E-state index in [4.69, 9.17) is 19.9 Å². The molecule has 0 N–H and O–H groups in total. The van der Waals surface area contributed by atoms with Crippen molar-refractivity contribution >= 4 is 79.4 Å². The standard InChI is InChI=1S/C62H41N5Si2.2Pd/c1-5-22-48(23-6-1)68(49-24-7-2-8-25-49,52-30-17-20-46(42-52)58-32-13-15-38-63-58)54-34-36-56-57-37-35-55(45-61(57)67(60(56)44-54)62-65-40-19-41-66-62)69(50-26-9-3-10-27-50,51-28-11-4-12-29-51)53-31-18-21-47(43-53)59-33-14-16-39-64-59;;/h1-41H;;/q-4;2*+2. The number of benzene rings is 8. The van der Waals surface area contributed by atoms with Crippen LogP contribution in [0.1, 0.15) is 0 Å². The maximum absolute atomic E-state index is 4.95. The summed E-state index contributed by atoms with van der Waals surface area (Å²) in [4.78, 5) is 19.4. The number of fused-ring (bicyclic) bond motifs is 3. The fourth-order valence-corrected chi connectivity index (χ4v) is 19.4. The van der Waals surface area contributed by atoms with Crippen LogP contribution in [0.5, 0.6) is 0 Å². The molecule has 0 saturated heterocycles. The molecule has 0 saturated carbocycles. The molecule has 12 aromatic rings. The minimum Gasteiger partial charge on any atom is -0.328 e. The third kappa shape index (κ3) is 8.31. The summed E-state index contributed by atoms with van der Waals surface area (Å²) < 4.78 is 2.17. The van der Waals surface area contributed by atoms with Crippen LogP contribution in [0.3, 0.4) is 0 Å². The van der Waals surface area contributed by atoms with E-state index in [1.165, 1.54) is 20.7 Å². The van der Waals surface area contributed by atoms with Gasteiger partial charge in [0.1, 0.15) is 16.1 Å². The summed E-state index contributed by atoms with van der Waals surface area (Å²) in [5.74, 6) is 0.546. The molecule has 8 aromatic carbocycles. The van der Waals surface area contributed by atoms with Crippen molar-refractivity contribution in [3.05, 3.63) is 274 Å². The molecule has 4 heterocycles. The first-order chi connectivity index (χ1) is 34.2. The van der Waals surface area contributed by atoms with E-state index >= 15 is 0 Å². The van der Waals surface area contributed by atoms with E-state index in [0.29, 0.717) is 5.95 Å². The third-order valence-electron chi connectivity index (χ3n) is 13.3. The molecule has 4 aromatic heterocycles. The molecule has 71 heavy (non-hydrogen) atoms. The van der Waals surface area contributed by atoms with Crippen molar-refractivity contribution in [2.24, 2.45) is 0 Å². The van der Waals surface area contributed by atoms with Crippen LogP contribution < -0.4 is 41.5 Å². The van der Waals surface area contributed by atoms with Gasteiger partial charge in [0, 0.05) is 24.8 Å². The number of rotatable bonds is 11. The molecule has 0 atom stereocenters. The van der Waals surface area contributed by atoms with E-state index in [2.05, 4.69) is 211 Å². The van der Waals surface area contributed by atoms with Gasteiger partial charge in [0.25, 0.3) is 0 Å². The molecule has 0 amide bonds. The maximum Gasteiger partial charge on any atom is 2.00 e. The number of nitrogens with zero attached hydrogens (tertiary/aromatic N) is 5. The number of pyridine rings is 2. The van der Waals surface area contributed by atoms with Gasteiger partial charge in [-0.2, -0.15) is 57.5 Å². The van der Waals surface area contributed by atoms with Gasteiger partial charge in [0.15, 0.2) is 0 Å². The van der Waals surface area contributed by atoms with Crippen molar-refractivity contribution in [1.29, 1.82) is 0 Å². The fourth-order valence-electron chi connectivity index (χ4n) is 10.2. The van der Waals surface area contributed by atoms with E-state index in [-0.39, 0.29) is 40.8 Å². The van der Waals surface area contributed by atoms with Crippen molar-refractivity contribution < 1.29 is 40.8 Å². The van der Waals surface area contributed by atoms with Gasteiger partial charge in [0.2, 0.25) is 5.95 Å². The first-order valence-electron chi connectivity index (χ1n) is 23.0. The normalized spacial score (nSPS) is 11.4. The summed E-state index contributed by atoms with van der Waals surface area (Å²) in [6, 6.07) is 95.9. The summed E-state index contributed by atoms with van der Waals surface area (Å²) in [6.45, 7) is 0. The van der Waals surface area contributed by atoms with Crippen LogP contribution >= 0.6 is 0 Å². The Morgan fingerprint density at radius 2 is 0.648 bits per heavy atom. The van der Waals surface area contributed by atoms with Crippen molar-refractivity contribution in [3.63, 3.8) is 0 Å². The summed E-state index contributed by atoms with van der Waals surface area (Å²) in [5, 5.41) is 11.3. The van der Waals surface area contributed by atoms with Crippen LogP contribution in [-0.2, 0) is 40.8 Å². The molecular weight excluding hydrogens is 1080 g/mol. The zero-order valence-corrected chi connectivity index (χ0v) is 43.1. The second-order valence-electron chi connectivity index (χ2n) is 17.0. The zero-order chi connectivity index (χ0) is 46.0. The Bertz CT molecular complexity index is 3410. The molecule has 0 radical (unpaired) electrons. The molecule has 0 aliphatic heterocycles. The Labute approximate surface area is 443 Å². The van der Waals surface area contributed by atoms with E-state index in [1.54, 1.807) is 0 Å². The van der Waals surface area contributed by atoms with Gasteiger partial charge in [-0.25, -0.2) is 9.97 Å². The Hall–Kier alpha value is -7.30. The summed E-state index contributed by atoms with van der Waals surface area (Å²) >= 11 is 0. The summed E-state index contributed by atoms with van der Waals surface area (Å²) in [6.07, 6.45) is 7.30. The number of hydrogen-bond donors (Lipinski definition) is 0. The van der Waals surface area contributed by atoms with E-state index in [9.17, 15) is 0 Å². The van der Waals surface area contributed by atoms with Gasteiger partial charge in [-0.15, -0.1) is 70.0 Å². The molecule has 0 unspecified atom stereocenters. The Morgan fingerprint density at radius 1 is 0.296 bits per heavy atom. The minimum atomic E-state index is -3.17. The molecule has 0 fully saturated rings. The summed E-state index contributed by atoms with van der Waals surface area (Å²) in [5.41, 5.74) is 5.40. The van der Waals surface area contributed by atoms with E-state index < -0.39 is 16.1 Å². The largest absolute Gasteiger partial charge is 2.00 e. The van der Waals surface area contributed by atoms with E-state index in [0.717, 1.165) is 65.1 Å². The predicted molar refractivity (Wildman–Crippen MR) is 285 cm³/mol. The Morgan fingerprint density at radius 3 is 1.01 bits per heavy atom. The van der Waals surface area contributed by atoms with Crippen LogP contribution in [-0.4, -0.2) is 40.7 Å². The maximum atomic E-state index is 4.95. The monoisotopic (exact) mass is 1120 g/mol. The molecular formula is C62H41N5Pd2Si2. The van der Waals surface area contributed by atoms with Crippen LogP contribution in [0.4, 0.5) is 0 Å². The fraction of sp³-hybridized carbons (Fsp3) is 0. The molecule has 0 spiro atoms. The van der Waals surface area contributed by atoms with Crippen LogP contribution in [0.25, 0.3) is 50.3 Å². The van der Waals surface area contributed by atoms with Gasteiger partial charge in [-0.3, -0.25) is 0 Å². The van der Waals surface area contributed by atoms with Crippen molar-refractivity contribution in [3.8, 4) is 28.5 Å². The van der Waals surface area contributed by atoms with Crippen molar-refractivity contribution in [1.82, 2.24) is 24.5 Å². The molecule has 9 heteroatoms. The van der Waals surface area contributed by atoms with Gasteiger partial charge in [-0.1, -0.05) is 157 Å². The summed E-state index contributed by atoms with van der Waals surface area (Å²) in [7, 11) is -6.33. The average molecular weight is 1130 g/mol. The predicted octanol–water partition coefficient (Wildman–Crippen LogP) is 7.65. The van der Waals surface area contributed by atoms with Gasteiger partial charge in [0.05, 0.1) is 0 Å². The Balaban J connectivity index is 0.00000291. The van der Waals surface area contributed by atoms with Gasteiger partial charge < -0.3 is 14.5 Å². The van der Waals surface area contributed by atoms with Gasteiger partial charge in [-0.05, 0) is 50.3 Å². The van der Waals surface area contributed by atoms with Gasteiger partial charge >= 0.3 is 40.8 Å². The first-order valence-corrected chi connectivity index (χ1v) is 27.0. The number of hydrogen-bond acceptors (Lipinski definition) is 4. The van der Waals surface area contributed by atoms with Crippen molar-refractivity contribution in [2.45, 2.75) is 0 Å². The number of aromatic nitrogens is 5. The first kappa shape index (κ1) is 47.4. The second kappa shape index (κ2) is 20.6. The molecule has 0 aliphatic carbocycles. The van der Waals surface area contributed by atoms with Crippen LogP contribution in [0, 0.1) is 24.3 Å². The topological polar surface area (TPSA) is 56.5 Å². The van der Waals surface area contributed by atoms with E-state index in [1.807, 2.05) is 67.3 Å². The minimum absolute atomic E-state index is 0. The van der Waals surface area contributed by atoms with Crippen LogP contribution in [0.2, 0.25) is 0 Å². The SMILES string of the molecule is [Pd+2].[Pd+2].[c-]1c(-c2ccccn2)cccc1[Si](c1[c-]c2c(cc1)c1ccc([Si](c3[c-]c(-c4ccccn4)ccc3)(c3ccccc3)c3ccccc3)[c-]c1n2-c1ncccn1)(c1ccccc1)c1ccccc1. The smallest absolute Gasteiger partial charge is 0.328 e. The molecule has 5 nitrogen and oxygen atoms in total. The second-order valence-corrected chi connectivity index (χ2v) is 24.5. The zero-order valence-electron chi connectivity index (χ0n) is 38.0. The Kier molecular flexibility index (Phi) is 13.7.